The Labute approximate surface area is 70.9 Å². The molecular weight excluding hydrogens is 162 g/mol. The van der Waals surface area contributed by atoms with Gasteiger partial charge < -0.3 is 4.74 Å². The SMILES string of the molecule is CCOC(=O)[C@@H]1CS[C@@H](C)N1. The van der Waals surface area contributed by atoms with Crippen LogP contribution in [0.15, 0.2) is 0 Å². The molecule has 1 fully saturated rings. The minimum Gasteiger partial charge on any atom is -0.465 e. The van der Waals surface area contributed by atoms with Crippen molar-refractivity contribution in [3.8, 4) is 0 Å². The summed E-state index contributed by atoms with van der Waals surface area (Å²) in [6.07, 6.45) is 0. The van der Waals surface area contributed by atoms with Gasteiger partial charge in [-0.15, -0.1) is 11.8 Å². The smallest absolute Gasteiger partial charge is 0.324 e. The third kappa shape index (κ3) is 2.38. The largest absolute Gasteiger partial charge is 0.465 e. The van der Waals surface area contributed by atoms with Gasteiger partial charge in [0, 0.05) is 5.75 Å². The maximum absolute atomic E-state index is 11.1. The Morgan fingerprint density at radius 1 is 1.82 bits per heavy atom. The van der Waals surface area contributed by atoms with Crippen molar-refractivity contribution in [3.05, 3.63) is 0 Å². The maximum atomic E-state index is 11.1. The highest BCUT2D eigenvalue weighted by molar-refractivity contribution is 8.00. The van der Waals surface area contributed by atoms with Crippen LogP contribution >= 0.6 is 11.8 Å². The highest BCUT2D eigenvalue weighted by Crippen LogP contribution is 2.18. The number of carbonyl (C=O) groups excluding carboxylic acids is 1. The van der Waals surface area contributed by atoms with Gasteiger partial charge in [0.05, 0.1) is 12.0 Å². The minimum atomic E-state index is -0.121. The summed E-state index contributed by atoms with van der Waals surface area (Å²) in [4.78, 5) is 11.1. The average molecular weight is 175 g/mol. The number of ether oxygens (including phenoxy) is 1. The molecular formula is C7H13NO2S. The van der Waals surface area contributed by atoms with E-state index < -0.39 is 0 Å². The lowest BCUT2D eigenvalue weighted by Gasteiger charge is -2.08. The van der Waals surface area contributed by atoms with Crippen molar-refractivity contribution in [1.82, 2.24) is 5.32 Å². The summed E-state index contributed by atoms with van der Waals surface area (Å²) in [6, 6.07) is -0.0880. The summed E-state index contributed by atoms with van der Waals surface area (Å²) in [6.45, 7) is 4.34. The van der Waals surface area contributed by atoms with Crippen LogP contribution in [0, 0.1) is 0 Å². The lowest BCUT2D eigenvalue weighted by atomic mass is 10.3. The number of hydrogen-bond donors (Lipinski definition) is 1. The molecule has 1 rings (SSSR count). The number of nitrogens with one attached hydrogen (secondary N) is 1. The van der Waals surface area contributed by atoms with Gasteiger partial charge in [-0.2, -0.15) is 0 Å². The van der Waals surface area contributed by atoms with Gasteiger partial charge in [-0.1, -0.05) is 0 Å². The predicted molar refractivity (Wildman–Crippen MR) is 45.5 cm³/mol. The van der Waals surface area contributed by atoms with E-state index in [0.717, 1.165) is 5.75 Å². The average Bonchev–Trinajstić information content (AvgIpc) is 2.36. The van der Waals surface area contributed by atoms with Crippen molar-refractivity contribution in [1.29, 1.82) is 0 Å². The highest BCUT2D eigenvalue weighted by atomic mass is 32.2. The summed E-state index contributed by atoms with van der Waals surface area (Å²) in [7, 11) is 0. The van der Waals surface area contributed by atoms with E-state index in [2.05, 4.69) is 5.32 Å². The molecule has 3 nitrogen and oxygen atoms in total. The van der Waals surface area contributed by atoms with E-state index in [-0.39, 0.29) is 12.0 Å². The Kier molecular flexibility index (Phi) is 3.20. The lowest BCUT2D eigenvalue weighted by Crippen LogP contribution is -2.37. The van der Waals surface area contributed by atoms with E-state index in [1.165, 1.54) is 0 Å². The first-order valence-corrected chi connectivity index (χ1v) is 4.83. The second-order valence-electron chi connectivity index (χ2n) is 2.45. The molecule has 11 heavy (non-hydrogen) atoms. The molecule has 0 radical (unpaired) electrons. The van der Waals surface area contributed by atoms with Gasteiger partial charge >= 0.3 is 5.97 Å². The molecule has 1 N–H and O–H groups in total. The zero-order valence-corrected chi connectivity index (χ0v) is 7.61. The van der Waals surface area contributed by atoms with Gasteiger partial charge in [-0.25, -0.2) is 0 Å². The van der Waals surface area contributed by atoms with Crippen molar-refractivity contribution in [3.63, 3.8) is 0 Å². The van der Waals surface area contributed by atoms with Crippen molar-refractivity contribution < 1.29 is 9.53 Å². The molecule has 4 heteroatoms. The molecule has 0 spiro atoms. The van der Waals surface area contributed by atoms with E-state index in [1.54, 1.807) is 11.8 Å². The number of thioether (sulfide) groups is 1. The molecule has 64 valence electrons. The molecule has 1 aliphatic rings. The van der Waals surface area contributed by atoms with Gasteiger partial charge in [0.2, 0.25) is 0 Å². The molecule has 0 aliphatic carbocycles. The molecule has 2 atom stereocenters. The third-order valence-electron chi connectivity index (χ3n) is 1.52. The zero-order valence-electron chi connectivity index (χ0n) is 6.79. The second kappa shape index (κ2) is 3.97. The van der Waals surface area contributed by atoms with E-state index in [9.17, 15) is 4.79 Å². The molecule has 1 saturated heterocycles. The second-order valence-corrected chi connectivity index (χ2v) is 3.82. The van der Waals surface area contributed by atoms with Crippen LogP contribution in [0.4, 0.5) is 0 Å². The Hall–Kier alpha value is -0.220. The summed E-state index contributed by atoms with van der Waals surface area (Å²) >= 11 is 1.75. The number of carbonyl (C=O) groups is 1. The Morgan fingerprint density at radius 3 is 3.00 bits per heavy atom. The third-order valence-corrected chi connectivity index (χ3v) is 2.68. The fraction of sp³-hybridized carbons (Fsp3) is 0.857. The standard InChI is InChI=1S/C7H13NO2S/c1-3-10-7(9)6-4-11-5(2)8-6/h5-6,8H,3-4H2,1-2H3/t5-,6-/m0/s1. The summed E-state index contributed by atoms with van der Waals surface area (Å²) in [5.41, 5.74) is 0. The van der Waals surface area contributed by atoms with Crippen LogP contribution < -0.4 is 5.32 Å². The van der Waals surface area contributed by atoms with E-state index in [4.69, 9.17) is 4.74 Å². The van der Waals surface area contributed by atoms with Gasteiger partial charge in [0.1, 0.15) is 6.04 Å². The van der Waals surface area contributed by atoms with Gasteiger partial charge in [0.15, 0.2) is 0 Å². The first-order valence-electron chi connectivity index (χ1n) is 3.78. The van der Waals surface area contributed by atoms with Crippen molar-refractivity contribution >= 4 is 17.7 Å². The van der Waals surface area contributed by atoms with E-state index >= 15 is 0 Å². The fourth-order valence-corrected chi connectivity index (χ4v) is 1.97. The molecule has 1 heterocycles. The van der Waals surface area contributed by atoms with Crippen LogP contribution in [0.25, 0.3) is 0 Å². The zero-order chi connectivity index (χ0) is 8.27. The van der Waals surface area contributed by atoms with Crippen molar-refractivity contribution in [2.24, 2.45) is 0 Å². The monoisotopic (exact) mass is 175 g/mol. The molecule has 0 aromatic heterocycles. The van der Waals surface area contributed by atoms with Crippen molar-refractivity contribution in [2.45, 2.75) is 25.3 Å². The van der Waals surface area contributed by atoms with Crippen LogP contribution in [0.5, 0.6) is 0 Å². The Morgan fingerprint density at radius 2 is 2.55 bits per heavy atom. The molecule has 0 saturated carbocycles. The number of hydrogen-bond acceptors (Lipinski definition) is 4. The first kappa shape index (κ1) is 8.87. The molecule has 1 aliphatic heterocycles. The molecule has 0 bridgehead atoms. The molecule has 0 amide bonds. The van der Waals surface area contributed by atoms with Gasteiger partial charge in [-0.3, -0.25) is 10.1 Å². The van der Waals surface area contributed by atoms with Gasteiger partial charge in [0.25, 0.3) is 0 Å². The predicted octanol–water partition coefficient (Wildman–Crippen LogP) is 0.600. The van der Waals surface area contributed by atoms with E-state index in [0.29, 0.717) is 12.0 Å². The normalized spacial score (nSPS) is 30.4. The number of rotatable bonds is 2. The lowest BCUT2D eigenvalue weighted by molar-refractivity contribution is -0.144. The van der Waals surface area contributed by atoms with Crippen LogP contribution in [-0.2, 0) is 9.53 Å². The van der Waals surface area contributed by atoms with E-state index in [1.807, 2.05) is 13.8 Å². The van der Waals surface area contributed by atoms with Crippen LogP contribution in [0.2, 0.25) is 0 Å². The summed E-state index contributed by atoms with van der Waals surface area (Å²) < 4.78 is 4.86. The quantitative estimate of drug-likeness (QED) is 0.624. The van der Waals surface area contributed by atoms with Crippen LogP contribution in [0.3, 0.4) is 0 Å². The topological polar surface area (TPSA) is 38.3 Å². The molecule has 0 unspecified atom stereocenters. The summed E-state index contributed by atoms with van der Waals surface area (Å²) in [5.74, 6) is 0.712. The number of esters is 1. The Bertz CT molecular complexity index is 151. The fourth-order valence-electron chi connectivity index (χ4n) is 0.999. The molecule has 0 aromatic rings. The Balaban J connectivity index is 2.31. The van der Waals surface area contributed by atoms with Crippen LogP contribution in [-0.4, -0.2) is 29.7 Å². The first-order chi connectivity index (χ1) is 5.24. The van der Waals surface area contributed by atoms with Crippen LogP contribution in [0.1, 0.15) is 13.8 Å². The van der Waals surface area contributed by atoms with Crippen molar-refractivity contribution in [2.75, 3.05) is 12.4 Å². The summed E-state index contributed by atoms with van der Waals surface area (Å²) in [5, 5.41) is 3.51. The molecule has 0 aromatic carbocycles. The maximum Gasteiger partial charge on any atom is 0.324 e. The highest BCUT2D eigenvalue weighted by Gasteiger charge is 2.27. The van der Waals surface area contributed by atoms with Gasteiger partial charge in [-0.05, 0) is 13.8 Å². The minimum absolute atomic E-state index is 0.0880.